The first-order chi connectivity index (χ1) is 7.79. The van der Waals surface area contributed by atoms with Crippen LogP contribution in [0.15, 0.2) is 24.3 Å². The largest absolute Gasteiger partial charge is 0.348 e. The van der Waals surface area contributed by atoms with Gasteiger partial charge in [-0.25, -0.2) is 0 Å². The fraction of sp³-hybridized carbons (Fsp3) is 0.333. The van der Waals surface area contributed by atoms with E-state index in [9.17, 15) is 4.79 Å². The van der Waals surface area contributed by atoms with Crippen molar-refractivity contribution in [3.8, 4) is 6.07 Å². The molecule has 2 N–H and O–H groups in total. The predicted molar refractivity (Wildman–Crippen MR) is 59.9 cm³/mol. The average Bonchev–Trinajstić information content (AvgIpc) is 2.82. The number of amides is 1. The molecule has 16 heavy (non-hydrogen) atoms. The lowest BCUT2D eigenvalue weighted by molar-refractivity contribution is 0.0940. The summed E-state index contributed by atoms with van der Waals surface area (Å²) in [5, 5.41) is 14.9. The van der Waals surface area contributed by atoms with Crippen LogP contribution in [0.3, 0.4) is 0 Å². The molecule has 1 aliphatic rings. The lowest BCUT2D eigenvalue weighted by Gasteiger charge is -2.11. The lowest BCUT2D eigenvalue weighted by Crippen LogP contribution is -2.36. The third-order valence-corrected chi connectivity index (χ3v) is 2.65. The van der Waals surface area contributed by atoms with Crippen molar-refractivity contribution in [2.45, 2.75) is 12.5 Å². The van der Waals surface area contributed by atoms with Gasteiger partial charge >= 0.3 is 0 Å². The topological polar surface area (TPSA) is 64.9 Å². The average molecular weight is 215 g/mol. The summed E-state index contributed by atoms with van der Waals surface area (Å²) in [5.74, 6) is -0.106. The van der Waals surface area contributed by atoms with Crippen LogP contribution in [0, 0.1) is 11.3 Å². The molecule has 0 bridgehead atoms. The van der Waals surface area contributed by atoms with E-state index in [0.29, 0.717) is 11.1 Å². The summed E-state index contributed by atoms with van der Waals surface area (Å²) in [4.78, 5) is 11.8. The summed E-state index contributed by atoms with van der Waals surface area (Å²) in [6.07, 6.45) is 0.962. The van der Waals surface area contributed by atoms with E-state index in [0.717, 1.165) is 19.5 Å². The molecule has 1 heterocycles. The number of nitrogens with one attached hydrogen (secondary N) is 2. The number of rotatable bonds is 2. The van der Waals surface area contributed by atoms with Gasteiger partial charge in [-0.1, -0.05) is 6.07 Å². The van der Waals surface area contributed by atoms with Gasteiger partial charge < -0.3 is 10.6 Å². The second kappa shape index (κ2) is 4.77. The normalized spacial score (nSPS) is 19.1. The van der Waals surface area contributed by atoms with Crippen LogP contribution >= 0.6 is 0 Å². The molecule has 0 unspecified atom stereocenters. The van der Waals surface area contributed by atoms with Gasteiger partial charge in [0, 0.05) is 18.2 Å². The first-order valence-electron chi connectivity index (χ1n) is 5.31. The van der Waals surface area contributed by atoms with E-state index >= 15 is 0 Å². The number of carbonyl (C=O) groups is 1. The zero-order chi connectivity index (χ0) is 11.4. The minimum Gasteiger partial charge on any atom is -0.348 e. The van der Waals surface area contributed by atoms with Gasteiger partial charge in [0.05, 0.1) is 11.6 Å². The maximum Gasteiger partial charge on any atom is 0.251 e. The summed E-state index contributed by atoms with van der Waals surface area (Å²) >= 11 is 0. The Hall–Kier alpha value is -1.86. The molecule has 0 saturated carbocycles. The highest BCUT2D eigenvalue weighted by atomic mass is 16.1. The van der Waals surface area contributed by atoms with Crippen LogP contribution in [-0.4, -0.2) is 25.0 Å². The zero-order valence-corrected chi connectivity index (χ0v) is 8.86. The summed E-state index contributed by atoms with van der Waals surface area (Å²) in [5.41, 5.74) is 1.06. The number of benzene rings is 1. The van der Waals surface area contributed by atoms with Crippen LogP contribution in [0.4, 0.5) is 0 Å². The van der Waals surface area contributed by atoms with Crippen molar-refractivity contribution in [1.29, 1.82) is 5.26 Å². The molecule has 1 fully saturated rings. The zero-order valence-electron chi connectivity index (χ0n) is 8.86. The van der Waals surface area contributed by atoms with E-state index in [1.807, 2.05) is 6.07 Å². The number of carbonyl (C=O) groups excluding carboxylic acids is 1. The SMILES string of the molecule is N#Cc1cccc(C(=O)N[C@@H]2CCNC2)c1. The first-order valence-corrected chi connectivity index (χ1v) is 5.31. The maximum atomic E-state index is 11.8. The monoisotopic (exact) mass is 215 g/mol. The molecule has 1 atom stereocenters. The molecular formula is C12H13N3O. The standard InChI is InChI=1S/C12H13N3O/c13-7-9-2-1-3-10(6-9)12(16)15-11-4-5-14-8-11/h1-3,6,11,14H,4-5,8H2,(H,15,16)/t11-/m1/s1. The van der Waals surface area contributed by atoms with E-state index in [1.54, 1.807) is 24.3 Å². The molecule has 1 aliphatic heterocycles. The van der Waals surface area contributed by atoms with Crippen LogP contribution in [0.25, 0.3) is 0 Å². The Kier molecular flexibility index (Phi) is 3.18. The van der Waals surface area contributed by atoms with E-state index in [4.69, 9.17) is 5.26 Å². The van der Waals surface area contributed by atoms with Gasteiger partial charge in [-0.05, 0) is 31.2 Å². The molecular weight excluding hydrogens is 202 g/mol. The smallest absolute Gasteiger partial charge is 0.251 e. The quantitative estimate of drug-likeness (QED) is 0.761. The molecule has 2 rings (SSSR count). The second-order valence-corrected chi connectivity index (χ2v) is 3.86. The third-order valence-electron chi connectivity index (χ3n) is 2.65. The molecule has 1 amide bonds. The minimum atomic E-state index is -0.106. The molecule has 0 aromatic heterocycles. The van der Waals surface area contributed by atoms with Crippen molar-refractivity contribution in [2.75, 3.05) is 13.1 Å². The highest BCUT2D eigenvalue weighted by Gasteiger charge is 2.17. The molecule has 0 aliphatic carbocycles. The van der Waals surface area contributed by atoms with Crippen molar-refractivity contribution in [3.63, 3.8) is 0 Å². The van der Waals surface area contributed by atoms with Crippen LogP contribution in [-0.2, 0) is 0 Å². The molecule has 4 nitrogen and oxygen atoms in total. The van der Waals surface area contributed by atoms with Crippen LogP contribution < -0.4 is 10.6 Å². The molecule has 82 valence electrons. The fourth-order valence-electron chi connectivity index (χ4n) is 1.78. The van der Waals surface area contributed by atoms with Gasteiger partial charge in [0.25, 0.3) is 5.91 Å². The maximum absolute atomic E-state index is 11.8. The molecule has 0 radical (unpaired) electrons. The van der Waals surface area contributed by atoms with Gasteiger partial charge in [-0.3, -0.25) is 4.79 Å². The van der Waals surface area contributed by atoms with Crippen molar-refractivity contribution < 1.29 is 4.79 Å². The first kappa shape index (κ1) is 10.7. The van der Waals surface area contributed by atoms with Crippen molar-refractivity contribution in [3.05, 3.63) is 35.4 Å². The molecule has 1 aromatic carbocycles. The third kappa shape index (κ3) is 2.38. The number of nitrogens with zero attached hydrogens (tertiary/aromatic N) is 1. The second-order valence-electron chi connectivity index (χ2n) is 3.86. The van der Waals surface area contributed by atoms with Gasteiger partial charge in [0.2, 0.25) is 0 Å². The summed E-state index contributed by atoms with van der Waals surface area (Å²) in [7, 11) is 0. The number of hydrogen-bond acceptors (Lipinski definition) is 3. The van der Waals surface area contributed by atoms with E-state index in [2.05, 4.69) is 10.6 Å². The van der Waals surface area contributed by atoms with Crippen molar-refractivity contribution >= 4 is 5.91 Å². The van der Waals surface area contributed by atoms with Gasteiger partial charge in [0.15, 0.2) is 0 Å². The number of hydrogen-bond donors (Lipinski definition) is 2. The van der Waals surface area contributed by atoms with Gasteiger partial charge in [0.1, 0.15) is 0 Å². The summed E-state index contributed by atoms with van der Waals surface area (Å²) < 4.78 is 0. The number of nitriles is 1. The Morgan fingerprint density at radius 3 is 3.12 bits per heavy atom. The van der Waals surface area contributed by atoms with Crippen LogP contribution in [0.1, 0.15) is 22.3 Å². The summed E-state index contributed by atoms with van der Waals surface area (Å²) in [6, 6.07) is 8.97. The van der Waals surface area contributed by atoms with Gasteiger partial charge in [-0.15, -0.1) is 0 Å². The van der Waals surface area contributed by atoms with Crippen molar-refractivity contribution in [2.24, 2.45) is 0 Å². The Balaban J connectivity index is 2.05. The fourth-order valence-corrected chi connectivity index (χ4v) is 1.78. The summed E-state index contributed by atoms with van der Waals surface area (Å²) in [6.45, 7) is 1.77. The highest BCUT2D eigenvalue weighted by Crippen LogP contribution is 2.05. The van der Waals surface area contributed by atoms with Gasteiger partial charge in [-0.2, -0.15) is 5.26 Å². The Morgan fingerprint density at radius 1 is 1.56 bits per heavy atom. The lowest BCUT2D eigenvalue weighted by atomic mass is 10.1. The van der Waals surface area contributed by atoms with E-state index in [-0.39, 0.29) is 11.9 Å². The Morgan fingerprint density at radius 2 is 2.44 bits per heavy atom. The molecule has 4 heteroatoms. The van der Waals surface area contributed by atoms with Crippen molar-refractivity contribution in [1.82, 2.24) is 10.6 Å². The van der Waals surface area contributed by atoms with E-state index < -0.39 is 0 Å². The molecule has 0 spiro atoms. The predicted octanol–water partition coefficient (Wildman–Crippen LogP) is 0.650. The van der Waals surface area contributed by atoms with E-state index in [1.165, 1.54) is 0 Å². The molecule has 1 aromatic rings. The highest BCUT2D eigenvalue weighted by molar-refractivity contribution is 5.94. The van der Waals surface area contributed by atoms with Crippen LogP contribution in [0.2, 0.25) is 0 Å². The Labute approximate surface area is 94.3 Å². The Bertz CT molecular complexity index is 430. The minimum absolute atomic E-state index is 0.106. The van der Waals surface area contributed by atoms with Crippen LogP contribution in [0.5, 0.6) is 0 Å². The molecule has 1 saturated heterocycles.